The molecule has 0 aliphatic carbocycles. The van der Waals surface area contributed by atoms with Crippen molar-refractivity contribution in [3.63, 3.8) is 0 Å². The van der Waals surface area contributed by atoms with Gasteiger partial charge in [0.15, 0.2) is 0 Å². The van der Waals surface area contributed by atoms with E-state index in [0.29, 0.717) is 30.3 Å². The van der Waals surface area contributed by atoms with E-state index < -0.39 is 0 Å². The fourth-order valence-corrected chi connectivity index (χ4v) is 2.77. The fourth-order valence-electron chi connectivity index (χ4n) is 2.30. The molecule has 0 saturated carbocycles. The van der Waals surface area contributed by atoms with Gasteiger partial charge < -0.3 is 9.64 Å². The van der Waals surface area contributed by atoms with Crippen LogP contribution in [0.5, 0.6) is 5.88 Å². The van der Waals surface area contributed by atoms with Gasteiger partial charge in [-0.3, -0.25) is 0 Å². The molecule has 2 rings (SSSR count). The Hall–Kier alpha value is -1.03. The van der Waals surface area contributed by atoms with Gasteiger partial charge in [0, 0.05) is 24.5 Å². The summed E-state index contributed by atoms with van der Waals surface area (Å²) in [6, 6.07) is 2.27. The Kier molecular flexibility index (Phi) is 4.64. The predicted molar refractivity (Wildman–Crippen MR) is 73.5 cm³/mol. The van der Waals surface area contributed by atoms with E-state index >= 15 is 0 Å². The lowest BCUT2D eigenvalue weighted by molar-refractivity contribution is 0.304. The highest BCUT2D eigenvalue weighted by atomic mass is 35.5. The largest absolute Gasteiger partial charge is 0.478 e. The van der Waals surface area contributed by atoms with Gasteiger partial charge in [0.2, 0.25) is 5.88 Å². The molecule has 2 atom stereocenters. The van der Waals surface area contributed by atoms with Crippen molar-refractivity contribution >= 4 is 17.4 Å². The standard InChI is InChI=1S/C13H20ClN3O/c1-3-6-18-13-7-12(15-9-16-13)17-5-4-10(2)11(17)8-14/h7,9-11H,3-6,8H2,1-2H3. The van der Waals surface area contributed by atoms with E-state index in [1.54, 1.807) is 6.33 Å². The molecular weight excluding hydrogens is 250 g/mol. The van der Waals surface area contributed by atoms with Crippen LogP contribution in [0.15, 0.2) is 12.4 Å². The van der Waals surface area contributed by atoms with Crippen molar-refractivity contribution in [3.05, 3.63) is 12.4 Å². The van der Waals surface area contributed by atoms with Crippen molar-refractivity contribution in [1.82, 2.24) is 9.97 Å². The summed E-state index contributed by atoms with van der Waals surface area (Å²) >= 11 is 6.05. The maximum Gasteiger partial charge on any atom is 0.218 e. The Morgan fingerprint density at radius 3 is 3.06 bits per heavy atom. The Labute approximate surface area is 113 Å². The van der Waals surface area contributed by atoms with E-state index in [9.17, 15) is 0 Å². The summed E-state index contributed by atoms with van der Waals surface area (Å²) in [6.45, 7) is 6.01. The molecule has 1 aliphatic heterocycles. The smallest absolute Gasteiger partial charge is 0.218 e. The Morgan fingerprint density at radius 2 is 2.33 bits per heavy atom. The van der Waals surface area contributed by atoms with Crippen LogP contribution in [0.1, 0.15) is 26.7 Å². The molecule has 2 unspecified atom stereocenters. The summed E-state index contributed by atoms with van der Waals surface area (Å²) in [5.74, 6) is 2.81. The number of nitrogens with zero attached hydrogens (tertiary/aromatic N) is 3. The second-order valence-corrected chi connectivity index (χ2v) is 5.05. The molecule has 0 N–H and O–H groups in total. The number of anilines is 1. The number of aromatic nitrogens is 2. The van der Waals surface area contributed by atoms with Gasteiger partial charge in [-0.25, -0.2) is 9.97 Å². The van der Waals surface area contributed by atoms with Crippen LogP contribution in [0.3, 0.4) is 0 Å². The molecular formula is C13H20ClN3O. The molecule has 100 valence electrons. The number of hydrogen-bond acceptors (Lipinski definition) is 4. The highest BCUT2D eigenvalue weighted by Gasteiger charge is 2.31. The Morgan fingerprint density at radius 1 is 1.50 bits per heavy atom. The summed E-state index contributed by atoms with van der Waals surface area (Å²) in [7, 11) is 0. The molecule has 2 heterocycles. The van der Waals surface area contributed by atoms with E-state index in [-0.39, 0.29) is 0 Å². The average Bonchev–Trinajstić information content (AvgIpc) is 2.77. The molecule has 1 aromatic heterocycles. The zero-order valence-corrected chi connectivity index (χ0v) is 11.7. The molecule has 0 bridgehead atoms. The minimum atomic E-state index is 0.362. The first-order valence-corrected chi connectivity index (χ1v) is 7.07. The van der Waals surface area contributed by atoms with Crippen LogP contribution in [0.25, 0.3) is 0 Å². The van der Waals surface area contributed by atoms with E-state index in [1.165, 1.54) is 0 Å². The van der Waals surface area contributed by atoms with Crippen LogP contribution in [0.4, 0.5) is 5.82 Å². The van der Waals surface area contributed by atoms with Crippen molar-refractivity contribution in [1.29, 1.82) is 0 Å². The highest BCUT2D eigenvalue weighted by molar-refractivity contribution is 6.18. The topological polar surface area (TPSA) is 38.2 Å². The SMILES string of the molecule is CCCOc1cc(N2CCC(C)C2CCl)ncn1. The third-order valence-corrected chi connectivity index (χ3v) is 3.73. The third kappa shape index (κ3) is 2.86. The lowest BCUT2D eigenvalue weighted by atomic mass is 10.1. The minimum absolute atomic E-state index is 0.362. The van der Waals surface area contributed by atoms with Crippen molar-refractivity contribution < 1.29 is 4.74 Å². The van der Waals surface area contributed by atoms with Crippen molar-refractivity contribution in [2.45, 2.75) is 32.7 Å². The second-order valence-electron chi connectivity index (χ2n) is 4.74. The monoisotopic (exact) mass is 269 g/mol. The normalized spacial score (nSPS) is 23.4. The van der Waals surface area contributed by atoms with Crippen LogP contribution < -0.4 is 9.64 Å². The summed E-state index contributed by atoms with van der Waals surface area (Å²) in [5, 5.41) is 0. The maximum absolute atomic E-state index is 6.05. The summed E-state index contributed by atoms with van der Waals surface area (Å²) in [6.07, 6.45) is 3.70. The summed E-state index contributed by atoms with van der Waals surface area (Å²) in [5.41, 5.74) is 0. The number of alkyl halides is 1. The first kappa shape index (κ1) is 13.4. The Bertz CT molecular complexity index is 388. The lowest BCUT2D eigenvalue weighted by Gasteiger charge is -2.26. The molecule has 0 radical (unpaired) electrons. The van der Waals surface area contributed by atoms with Crippen LogP contribution in [-0.4, -0.2) is 35.0 Å². The van der Waals surface area contributed by atoms with E-state index in [1.807, 2.05) is 6.07 Å². The summed E-state index contributed by atoms with van der Waals surface area (Å²) < 4.78 is 5.54. The molecule has 18 heavy (non-hydrogen) atoms. The maximum atomic E-state index is 6.05. The number of halogens is 1. The Balaban J connectivity index is 2.12. The van der Waals surface area contributed by atoms with Gasteiger partial charge in [0.05, 0.1) is 6.61 Å². The van der Waals surface area contributed by atoms with Crippen LogP contribution in [0, 0.1) is 5.92 Å². The number of rotatable bonds is 5. The molecule has 5 heteroatoms. The van der Waals surface area contributed by atoms with Crippen molar-refractivity contribution in [3.8, 4) is 5.88 Å². The first-order chi connectivity index (χ1) is 8.76. The minimum Gasteiger partial charge on any atom is -0.478 e. The molecule has 0 spiro atoms. The lowest BCUT2D eigenvalue weighted by Crippen LogP contribution is -2.34. The van der Waals surface area contributed by atoms with Gasteiger partial charge in [0.1, 0.15) is 12.1 Å². The molecule has 1 aliphatic rings. The molecule has 1 aromatic rings. The van der Waals surface area contributed by atoms with Crippen molar-refractivity contribution in [2.24, 2.45) is 5.92 Å². The molecule has 0 aromatic carbocycles. The van der Waals surface area contributed by atoms with Crippen LogP contribution in [0.2, 0.25) is 0 Å². The molecule has 0 amide bonds. The van der Waals surface area contributed by atoms with Crippen molar-refractivity contribution in [2.75, 3.05) is 23.9 Å². The zero-order chi connectivity index (χ0) is 13.0. The predicted octanol–water partition coefficient (Wildman–Crippen LogP) is 2.72. The quantitative estimate of drug-likeness (QED) is 0.771. The number of hydrogen-bond donors (Lipinski definition) is 0. The third-order valence-electron chi connectivity index (χ3n) is 3.42. The van der Waals surface area contributed by atoms with E-state index in [0.717, 1.165) is 25.2 Å². The van der Waals surface area contributed by atoms with Gasteiger partial charge in [0.25, 0.3) is 0 Å². The van der Waals surface area contributed by atoms with Crippen LogP contribution in [-0.2, 0) is 0 Å². The fraction of sp³-hybridized carbons (Fsp3) is 0.692. The average molecular weight is 270 g/mol. The molecule has 1 saturated heterocycles. The molecule has 4 nitrogen and oxygen atoms in total. The van der Waals surface area contributed by atoms with Gasteiger partial charge in [-0.2, -0.15) is 0 Å². The van der Waals surface area contributed by atoms with Gasteiger partial charge in [-0.05, 0) is 18.8 Å². The second kappa shape index (κ2) is 6.23. The van der Waals surface area contributed by atoms with Crippen LogP contribution >= 0.6 is 11.6 Å². The van der Waals surface area contributed by atoms with Gasteiger partial charge >= 0.3 is 0 Å². The van der Waals surface area contributed by atoms with E-state index in [4.69, 9.17) is 16.3 Å². The summed E-state index contributed by atoms with van der Waals surface area (Å²) in [4.78, 5) is 10.7. The molecule has 1 fully saturated rings. The highest BCUT2D eigenvalue weighted by Crippen LogP contribution is 2.30. The number of ether oxygens (including phenoxy) is 1. The van der Waals surface area contributed by atoms with Gasteiger partial charge in [-0.15, -0.1) is 11.6 Å². The van der Waals surface area contributed by atoms with Gasteiger partial charge in [-0.1, -0.05) is 13.8 Å². The van der Waals surface area contributed by atoms with E-state index in [2.05, 4.69) is 28.7 Å². The first-order valence-electron chi connectivity index (χ1n) is 6.53. The zero-order valence-electron chi connectivity index (χ0n) is 11.0.